The van der Waals surface area contributed by atoms with Gasteiger partial charge in [0, 0.05) is 24.4 Å². The van der Waals surface area contributed by atoms with Gasteiger partial charge in [0.25, 0.3) is 0 Å². The summed E-state index contributed by atoms with van der Waals surface area (Å²) in [5.74, 6) is 2.33. The highest BCUT2D eigenvalue weighted by atomic mass is 32.2. The third kappa shape index (κ3) is 6.28. The van der Waals surface area contributed by atoms with Crippen LogP contribution in [0.25, 0.3) is 0 Å². The summed E-state index contributed by atoms with van der Waals surface area (Å²) in [6.45, 7) is 10.2. The maximum atomic E-state index is 12.5. The van der Waals surface area contributed by atoms with Crippen molar-refractivity contribution in [3.05, 3.63) is 28.2 Å². The topological polar surface area (TPSA) is 61.9 Å². The number of amides is 1. The van der Waals surface area contributed by atoms with Crippen molar-refractivity contribution in [1.29, 1.82) is 0 Å². The summed E-state index contributed by atoms with van der Waals surface area (Å²) < 4.78 is 0. The fraction of sp³-hybridized carbons (Fsp3) is 0.588. The van der Waals surface area contributed by atoms with E-state index in [1.807, 2.05) is 11.0 Å². The number of thioether (sulfide) groups is 1. The van der Waals surface area contributed by atoms with Crippen molar-refractivity contribution in [2.75, 3.05) is 18.8 Å². The van der Waals surface area contributed by atoms with Crippen molar-refractivity contribution < 1.29 is 4.79 Å². The van der Waals surface area contributed by atoms with Crippen molar-refractivity contribution in [1.82, 2.24) is 20.1 Å². The molecule has 1 amide bonds. The van der Waals surface area contributed by atoms with E-state index in [0.29, 0.717) is 22.7 Å². The van der Waals surface area contributed by atoms with E-state index in [1.165, 1.54) is 16.6 Å². The number of thiophene rings is 1. The molecule has 0 atom stereocenters. The first kappa shape index (κ1) is 19.0. The third-order valence-electron chi connectivity index (χ3n) is 3.28. The molecule has 0 aliphatic carbocycles. The number of aromatic nitrogens is 3. The molecule has 0 radical (unpaired) electrons. The molecule has 0 fully saturated rings. The Morgan fingerprint density at radius 2 is 2.00 bits per heavy atom. The van der Waals surface area contributed by atoms with Crippen molar-refractivity contribution in [3.63, 3.8) is 0 Å². The average molecular weight is 367 g/mol. The van der Waals surface area contributed by atoms with Crippen LogP contribution in [0.15, 0.2) is 22.7 Å². The normalized spacial score (nSPS) is 11.4. The molecule has 2 rings (SSSR count). The maximum Gasteiger partial charge on any atom is 0.233 e. The fourth-order valence-corrected chi connectivity index (χ4v) is 3.81. The Bertz CT molecular complexity index is 612. The molecule has 24 heavy (non-hydrogen) atoms. The summed E-state index contributed by atoms with van der Waals surface area (Å²) in [4.78, 5) is 20.2. The van der Waals surface area contributed by atoms with Gasteiger partial charge in [-0.25, -0.2) is 4.98 Å². The van der Waals surface area contributed by atoms with Crippen LogP contribution in [0.1, 0.15) is 38.4 Å². The van der Waals surface area contributed by atoms with Gasteiger partial charge in [-0.15, -0.1) is 16.4 Å². The Kier molecular flexibility index (Phi) is 7.30. The van der Waals surface area contributed by atoms with Gasteiger partial charge in [-0.1, -0.05) is 45.5 Å². The van der Waals surface area contributed by atoms with Gasteiger partial charge in [-0.3, -0.25) is 9.89 Å². The highest BCUT2D eigenvalue weighted by Gasteiger charge is 2.17. The minimum Gasteiger partial charge on any atom is -0.341 e. The first-order valence-corrected chi connectivity index (χ1v) is 10.1. The van der Waals surface area contributed by atoms with Gasteiger partial charge in [-0.2, -0.15) is 0 Å². The minimum absolute atomic E-state index is 0.159. The molecule has 2 aromatic heterocycles. The van der Waals surface area contributed by atoms with E-state index in [9.17, 15) is 4.79 Å². The van der Waals surface area contributed by atoms with Crippen LogP contribution >= 0.6 is 23.1 Å². The number of nitrogens with one attached hydrogen (secondary N) is 1. The number of aromatic amines is 1. The lowest BCUT2D eigenvalue weighted by molar-refractivity contribution is -0.129. The van der Waals surface area contributed by atoms with Crippen LogP contribution in [0.3, 0.4) is 0 Å². The Morgan fingerprint density at radius 3 is 2.58 bits per heavy atom. The summed E-state index contributed by atoms with van der Waals surface area (Å²) in [6.07, 6.45) is 0.756. The van der Waals surface area contributed by atoms with Gasteiger partial charge in [-0.05, 0) is 23.3 Å². The number of carbonyl (C=O) groups is 1. The molecule has 1 N–H and O–H groups in total. The second kappa shape index (κ2) is 9.22. The zero-order valence-electron chi connectivity index (χ0n) is 14.8. The van der Waals surface area contributed by atoms with Crippen molar-refractivity contribution in [3.8, 4) is 0 Å². The molecule has 0 spiro atoms. The van der Waals surface area contributed by atoms with E-state index in [1.54, 1.807) is 11.3 Å². The zero-order valence-corrected chi connectivity index (χ0v) is 16.4. The van der Waals surface area contributed by atoms with Crippen LogP contribution in [0.5, 0.6) is 0 Å². The third-order valence-corrected chi connectivity index (χ3v) is 4.99. The molecular formula is C17H26N4OS2. The van der Waals surface area contributed by atoms with Crippen LogP contribution < -0.4 is 0 Å². The Morgan fingerprint density at radius 1 is 1.29 bits per heavy atom. The van der Waals surface area contributed by atoms with Crippen LogP contribution in [0, 0.1) is 11.8 Å². The molecule has 0 bridgehead atoms. The van der Waals surface area contributed by atoms with E-state index in [2.05, 4.69) is 54.3 Å². The van der Waals surface area contributed by atoms with Crippen LogP contribution in [0.4, 0.5) is 0 Å². The predicted octanol–water partition coefficient (Wildman–Crippen LogP) is 3.69. The van der Waals surface area contributed by atoms with Gasteiger partial charge >= 0.3 is 0 Å². The molecular weight excluding hydrogens is 340 g/mol. The lowest BCUT2D eigenvalue weighted by Gasteiger charge is -2.26. The predicted molar refractivity (Wildman–Crippen MR) is 100 cm³/mol. The van der Waals surface area contributed by atoms with E-state index in [0.717, 1.165) is 25.3 Å². The van der Waals surface area contributed by atoms with Crippen molar-refractivity contribution in [2.45, 2.75) is 39.3 Å². The van der Waals surface area contributed by atoms with Gasteiger partial charge in [0.05, 0.1) is 5.75 Å². The Hall–Kier alpha value is -1.34. The molecule has 5 nitrogen and oxygen atoms in total. The van der Waals surface area contributed by atoms with Crippen molar-refractivity contribution in [2.24, 2.45) is 11.8 Å². The summed E-state index contributed by atoms with van der Waals surface area (Å²) in [7, 11) is 0. The quantitative estimate of drug-likeness (QED) is 0.688. The Labute approximate surface area is 152 Å². The largest absolute Gasteiger partial charge is 0.341 e. The first-order chi connectivity index (χ1) is 11.4. The SMILES string of the molecule is CC(C)CN(CC(C)C)C(=O)CSc1n[nH]c(Cc2cccs2)n1. The standard InChI is InChI=1S/C17H26N4OS2/c1-12(2)9-21(10-13(3)4)16(22)11-24-17-18-15(19-20-17)8-14-6-5-7-23-14/h5-7,12-13H,8-11H2,1-4H3,(H,18,19,20). The molecule has 0 unspecified atom stereocenters. The lowest BCUT2D eigenvalue weighted by Crippen LogP contribution is -2.38. The summed E-state index contributed by atoms with van der Waals surface area (Å²) in [5.41, 5.74) is 0. The fourth-order valence-electron chi connectivity index (χ4n) is 2.38. The van der Waals surface area contributed by atoms with E-state index >= 15 is 0 Å². The second-order valence-electron chi connectivity index (χ2n) is 6.70. The summed E-state index contributed by atoms with van der Waals surface area (Å²) >= 11 is 3.11. The number of carbonyl (C=O) groups excluding carboxylic acids is 1. The van der Waals surface area contributed by atoms with Crippen LogP contribution in [-0.4, -0.2) is 44.8 Å². The number of hydrogen-bond acceptors (Lipinski definition) is 5. The average Bonchev–Trinajstić information content (AvgIpc) is 3.15. The van der Waals surface area contributed by atoms with E-state index < -0.39 is 0 Å². The number of nitrogens with zero attached hydrogens (tertiary/aromatic N) is 3. The zero-order chi connectivity index (χ0) is 17.5. The molecule has 0 aromatic carbocycles. The molecule has 0 saturated heterocycles. The van der Waals surface area contributed by atoms with Crippen molar-refractivity contribution >= 4 is 29.0 Å². The molecule has 0 saturated carbocycles. The monoisotopic (exact) mass is 366 g/mol. The number of hydrogen-bond donors (Lipinski definition) is 1. The van der Waals surface area contributed by atoms with E-state index in [4.69, 9.17) is 0 Å². The summed E-state index contributed by atoms with van der Waals surface area (Å²) in [6, 6.07) is 4.11. The van der Waals surface area contributed by atoms with Gasteiger partial charge < -0.3 is 4.90 Å². The van der Waals surface area contributed by atoms with Crippen LogP contribution in [0.2, 0.25) is 0 Å². The maximum absolute atomic E-state index is 12.5. The lowest BCUT2D eigenvalue weighted by atomic mass is 10.1. The number of rotatable bonds is 9. The second-order valence-corrected chi connectivity index (χ2v) is 8.67. The highest BCUT2D eigenvalue weighted by molar-refractivity contribution is 7.99. The Balaban J connectivity index is 1.86. The van der Waals surface area contributed by atoms with E-state index in [-0.39, 0.29) is 5.91 Å². The highest BCUT2D eigenvalue weighted by Crippen LogP contribution is 2.17. The summed E-state index contributed by atoms with van der Waals surface area (Å²) in [5, 5.41) is 9.87. The van der Waals surface area contributed by atoms with Gasteiger partial charge in [0.15, 0.2) is 0 Å². The molecule has 7 heteroatoms. The van der Waals surface area contributed by atoms with Gasteiger partial charge in [0.2, 0.25) is 11.1 Å². The molecule has 2 aromatic rings. The molecule has 2 heterocycles. The van der Waals surface area contributed by atoms with Gasteiger partial charge in [0.1, 0.15) is 5.82 Å². The van der Waals surface area contributed by atoms with Crippen LogP contribution in [-0.2, 0) is 11.2 Å². The smallest absolute Gasteiger partial charge is 0.233 e. The molecule has 0 aliphatic heterocycles. The molecule has 0 aliphatic rings. The minimum atomic E-state index is 0.159. The molecule has 132 valence electrons. The number of H-pyrrole nitrogens is 1. The first-order valence-electron chi connectivity index (χ1n) is 8.28.